The molecule has 1 aromatic carbocycles. The molecule has 0 radical (unpaired) electrons. The van der Waals surface area contributed by atoms with Gasteiger partial charge in [0.05, 0.1) is 4.92 Å². The summed E-state index contributed by atoms with van der Waals surface area (Å²) in [5.74, 6) is -0.0164. The number of piperidine rings is 1. The number of rotatable bonds is 8. The number of nitrogens with two attached hydrogens (primary N) is 1. The molecule has 1 atom stereocenters. The van der Waals surface area contributed by atoms with Crippen LogP contribution in [0.25, 0.3) is 0 Å². The first kappa shape index (κ1) is 20.5. The Kier molecular flexibility index (Phi) is 6.55. The molecule has 10 heteroatoms. The van der Waals surface area contributed by atoms with E-state index < -0.39 is 10.8 Å². The molecule has 2 heterocycles. The normalized spacial score (nSPS) is 16.4. The predicted molar refractivity (Wildman–Crippen MR) is 108 cm³/mol. The minimum Gasteiger partial charge on any atom is -0.396 e. The molecule has 1 aromatic heterocycles. The van der Waals surface area contributed by atoms with E-state index in [1.54, 1.807) is 24.3 Å². The lowest BCUT2D eigenvalue weighted by Gasteiger charge is -2.36. The van der Waals surface area contributed by atoms with Crippen molar-refractivity contribution in [1.82, 2.24) is 9.97 Å². The number of hydrogen-bond donors (Lipinski definition) is 3. The molecule has 1 saturated heterocycles. The number of aliphatic hydroxyl groups excluding tert-OH is 1. The first-order chi connectivity index (χ1) is 14.0. The third-order valence-corrected chi connectivity index (χ3v) is 4.97. The van der Waals surface area contributed by atoms with Gasteiger partial charge in [-0.2, -0.15) is 4.98 Å². The molecule has 1 unspecified atom stereocenters. The number of hydrogen-bond acceptors (Lipinski definition) is 8. The van der Waals surface area contributed by atoms with Crippen LogP contribution >= 0.6 is 0 Å². The van der Waals surface area contributed by atoms with Crippen molar-refractivity contribution in [3.8, 4) is 0 Å². The zero-order chi connectivity index (χ0) is 20.8. The Bertz CT molecular complexity index is 874. The van der Waals surface area contributed by atoms with Crippen LogP contribution in [0.4, 0.5) is 23.1 Å². The molecule has 1 aliphatic rings. The van der Waals surface area contributed by atoms with Gasteiger partial charge in [0.15, 0.2) is 0 Å². The summed E-state index contributed by atoms with van der Waals surface area (Å²) in [6.45, 7) is 0.755. The highest BCUT2D eigenvalue weighted by atomic mass is 16.6. The van der Waals surface area contributed by atoms with Crippen LogP contribution in [0.1, 0.15) is 42.5 Å². The van der Waals surface area contributed by atoms with Crippen molar-refractivity contribution in [2.24, 2.45) is 5.73 Å². The van der Waals surface area contributed by atoms with Crippen molar-refractivity contribution in [3.63, 3.8) is 0 Å². The highest BCUT2D eigenvalue weighted by molar-refractivity contribution is 5.93. The van der Waals surface area contributed by atoms with E-state index >= 15 is 0 Å². The summed E-state index contributed by atoms with van der Waals surface area (Å²) in [4.78, 5) is 32.7. The maximum Gasteiger partial charge on any atom is 0.329 e. The number of nitrogens with zero attached hydrogens (tertiary/aromatic N) is 4. The SMILES string of the molecule is NC(=O)c1ccc(Nc2ncc([N+](=O)[O-])c(N3CCCCC3CCCO)n2)cc1. The van der Waals surface area contributed by atoms with E-state index in [1.807, 2.05) is 4.90 Å². The van der Waals surface area contributed by atoms with Gasteiger partial charge in [0, 0.05) is 30.4 Å². The number of aliphatic hydroxyl groups is 1. The second-order valence-corrected chi connectivity index (χ2v) is 6.94. The van der Waals surface area contributed by atoms with E-state index in [0.717, 1.165) is 25.7 Å². The van der Waals surface area contributed by atoms with Gasteiger partial charge in [0.1, 0.15) is 6.20 Å². The third kappa shape index (κ3) is 4.96. The van der Waals surface area contributed by atoms with Crippen molar-refractivity contribution < 1.29 is 14.8 Å². The van der Waals surface area contributed by atoms with Gasteiger partial charge in [-0.15, -0.1) is 0 Å². The van der Waals surface area contributed by atoms with E-state index in [9.17, 15) is 14.9 Å². The molecule has 4 N–H and O–H groups in total. The highest BCUT2D eigenvalue weighted by Crippen LogP contribution is 2.33. The molecular formula is C19H24N6O4. The lowest BCUT2D eigenvalue weighted by atomic mass is 9.98. The smallest absolute Gasteiger partial charge is 0.329 e. The van der Waals surface area contributed by atoms with Gasteiger partial charge >= 0.3 is 5.69 Å². The summed E-state index contributed by atoms with van der Waals surface area (Å²) in [5.41, 5.74) is 6.11. The molecule has 10 nitrogen and oxygen atoms in total. The summed E-state index contributed by atoms with van der Waals surface area (Å²) in [7, 11) is 0. The van der Waals surface area contributed by atoms with Crippen LogP contribution < -0.4 is 16.0 Å². The van der Waals surface area contributed by atoms with E-state index in [1.165, 1.54) is 6.20 Å². The molecular weight excluding hydrogens is 376 g/mol. The number of nitrogens with one attached hydrogen (secondary N) is 1. The third-order valence-electron chi connectivity index (χ3n) is 4.97. The first-order valence-corrected chi connectivity index (χ1v) is 9.55. The van der Waals surface area contributed by atoms with Crippen molar-refractivity contribution >= 4 is 29.0 Å². The predicted octanol–water partition coefficient (Wildman–Crippen LogP) is 2.36. The molecule has 0 aliphatic carbocycles. The van der Waals surface area contributed by atoms with E-state index in [4.69, 9.17) is 10.8 Å². The van der Waals surface area contributed by atoms with Crippen LogP contribution in [-0.4, -0.2) is 45.1 Å². The Balaban J connectivity index is 1.88. The van der Waals surface area contributed by atoms with Crippen LogP contribution in [-0.2, 0) is 0 Å². The lowest BCUT2D eigenvalue weighted by molar-refractivity contribution is -0.384. The fraction of sp³-hybridized carbons (Fsp3) is 0.421. The van der Waals surface area contributed by atoms with Crippen LogP contribution in [0.2, 0.25) is 0 Å². The van der Waals surface area contributed by atoms with Crippen LogP contribution in [0.5, 0.6) is 0 Å². The average Bonchev–Trinajstić information content (AvgIpc) is 2.72. The monoisotopic (exact) mass is 400 g/mol. The number of aromatic nitrogens is 2. The number of primary amides is 1. The van der Waals surface area contributed by atoms with Crippen molar-refractivity contribution in [2.45, 2.75) is 38.1 Å². The Morgan fingerprint density at radius 2 is 2.10 bits per heavy atom. The summed E-state index contributed by atoms with van der Waals surface area (Å²) in [6, 6.07) is 6.57. The Labute approximate surface area is 167 Å². The van der Waals surface area contributed by atoms with Gasteiger partial charge in [-0.05, 0) is 56.4 Å². The van der Waals surface area contributed by atoms with Crippen molar-refractivity contribution in [1.29, 1.82) is 0 Å². The number of anilines is 3. The highest BCUT2D eigenvalue weighted by Gasteiger charge is 2.30. The second-order valence-electron chi connectivity index (χ2n) is 6.94. The molecule has 1 fully saturated rings. The Morgan fingerprint density at radius 1 is 1.34 bits per heavy atom. The quantitative estimate of drug-likeness (QED) is 0.452. The average molecular weight is 400 g/mol. The first-order valence-electron chi connectivity index (χ1n) is 9.55. The van der Waals surface area contributed by atoms with Gasteiger partial charge in [-0.3, -0.25) is 14.9 Å². The fourth-order valence-electron chi connectivity index (χ4n) is 3.52. The Hall–Kier alpha value is -3.27. The summed E-state index contributed by atoms with van der Waals surface area (Å²) < 4.78 is 0. The van der Waals surface area contributed by atoms with E-state index in [-0.39, 0.29) is 30.1 Å². The molecule has 29 heavy (non-hydrogen) atoms. The molecule has 0 bridgehead atoms. The molecule has 0 saturated carbocycles. The zero-order valence-corrected chi connectivity index (χ0v) is 16.0. The van der Waals surface area contributed by atoms with E-state index in [2.05, 4.69) is 15.3 Å². The maximum absolute atomic E-state index is 11.6. The second kappa shape index (κ2) is 9.28. The van der Waals surface area contributed by atoms with Crippen LogP contribution in [0.3, 0.4) is 0 Å². The van der Waals surface area contributed by atoms with Crippen molar-refractivity contribution in [2.75, 3.05) is 23.4 Å². The standard InChI is InChI=1S/C19H24N6O4/c20-17(27)13-6-8-14(9-7-13)22-19-21-12-16(25(28)29)18(23-19)24-10-2-1-4-15(24)5-3-11-26/h6-9,12,15,26H,1-5,10-11H2,(H2,20,27)(H,21,22,23). The number of nitro groups is 1. The van der Waals surface area contributed by atoms with Gasteiger partial charge in [-0.25, -0.2) is 4.98 Å². The number of carbonyl (C=O) groups excluding carboxylic acids is 1. The summed E-state index contributed by atoms with van der Waals surface area (Å²) >= 11 is 0. The van der Waals surface area contributed by atoms with Gasteiger partial charge in [0.25, 0.3) is 0 Å². The summed E-state index contributed by atoms with van der Waals surface area (Å²) in [5, 5.41) is 23.7. The lowest BCUT2D eigenvalue weighted by Crippen LogP contribution is -2.40. The molecule has 1 amide bonds. The van der Waals surface area contributed by atoms with Gasteiger partial charge < -0.3 is 21.1 Å². The van der Waals surface area contributed by atoms with Crippen LogP contribution in [0, 0.1) is 10.1 Å². The molecule has 3 rings (SSSR count). The molecule has 154 valence electrons. The summed E-state index contributed by atoms with van der Waals surface area (Å²) in [6.07, 6.45) is 5.46. The number of benzene rings is 1. The van der Waals surface area contributed by atoms with Gasteiger partial charge in [-0.1, -0.05) is 0 Å². The van der Waals surface area contributed by atoms with Gasteiger partial charge in [0.2, 0.25) is 17.7 Å². The minimum absolute atomic E-state index is 0.0876. The van der Waals surface area contributed by atoms with E-state index in [0.29, 0.717) is 24.2 Å². The topological polar surface area (TPSA) is 148 Å². The number of amides is 1. The maximum atomic E-state index is 11.6. The minimum atomic E-state index is -0.524. The molecule has 0 spiro atoms. The zero-order valence-electron chi connectivity index (χ0n) is 16.0. The number of carbonyl (C=O) groups is 1. The molecule has 2 aromatic rings. The van der Waals surface area contributed by atoms with Crippen LogP contribution in [0.15, 0.2) is 30.5 Å². The Morgan fingerprint density at radius 3 is 2.76 bits per heavy atom. The van der Waals surface area contributed by atoms with Crippen molar-refractivity contribution in [3.05, 3.63) is 46.1 Å². The fourth-order valence-corrected chi connectivity index (χ4v) is 3.52. The largest absolute Gasteiger partial charge is 0.396 e. The molecule has 1 aliphatic heterocycles.